The van der Waals surface area contributed by atoms with Crippen LogP contribution in [0, 0.1) is 0 Å². The van der Waals surface area contributed by atoms with Gasteiger partial charge in [-0.2, -0.15) is 0 Å². The molecule has 0 aromatic heterocycles. The Morgan fingerprint density at radius 3 is 2.67 bits per heavy atom. The van der Waals surface area contributed by atoms with Gasteiger partial charge in [-0.1, -0.05) is 13.3 Å². The zero-order valence-corrected chi connectivity index (χ0v) is 7.75. The summed E-state index contributed by atoms with van der Waals surface area (Å²) >= 11 is 0. The van der Waals surface area contributed by atoms with Crippen LogP contribution in [0.5, 0.6) is 0 Å². The highest BCUT2D eigenvalue weighted by molar-refractivity contribution is 4.66. The molecule has 3 heteroatoms. The second-order valence-electron chi connectivity index (χ2n) is 3.00. The summed E-state index contributed by atoms with van der Waals surface area (Å²) in [4.78, 5) is 0. The minimum atomic E-state index is 0.376. The van der Waals surface area contributed by atoms with Crippen LogP contribution in [0.25, 0.3) is 0 Å². The number of epoxide rings is 1. The highest BCUT2D eigenvalue weighted by atomic mass is 16.6. The number of rotatable bonds is 8. The Morgan fingerprint density at radius 1 is 1.25 bits per heavy atom. The van der Waals surface area contributed by atoms with E-state index >= 15 is 0 Å². The molecule has 3 nitrogen and oxygen atoms in total. The first-order valence-electron chi connectivity index (χ1n) is 4.70. The van der Waals surface area contributed by atoms with Gasteiger partial charge in [0.2, 0.25) is 0 Å². The maximum absolute atomic E-state index is 5.31. The Morgan fingerprint density at radius 2 is 2.00 bits per heavy atom. The molecule has 1 aliphatic heterocycles. The van der Waals surface area contributed by atoms with Crippen molar-refractivity contribution in [3.8, 4) is 0 Å². The van der Waals surface area contributed by atoms with Crippen LogP contribution in [0.4, 0.5) is 0 Å². The van der Waals surface area contributed by atoms with Crippen LogP contribution < -0.4 is 0 Å². The van der Waals surface area contributed by atoms with Gasteiger partial charge in [-0.3, -0.25) is 0 Å². The Bertz CT molecular complexity index is 102. The molecule has 0 radical (unpaired) electrons. The molecule has 1 saturated heterocycles. The molecule has 12 heavy (non-hydrogen) atoms. The molecule has 1 atom stereocenters. The molecule has 0 spiro atoms. The third kappa shape index (κ3) is 5.52. The van der Waals surface area contributed by atoms with Crippen molar-refractivity contribution in [3.05, 3.63) is 0 Å². The number of unbranched alkanes of at least 4 members (excludes halogenated alkanes) is 1. The van der Waals surface area contributed by atoms with E-state index in [1.165, 1.54) is 6.42 Å². The van der Waals surface area contributed by atoms with Gasteiger partial charge in [0.25, 0.3) is 0 Å². The highest BCUT2D eigenvalue weighted by Gasteiger charge is 2.21. The van der Waals surface area contributed by atoms with Crippen LogP contribution in [0.2, 0.25) is 0 Å². The van der Waals surface area contributed by atoms with Gasteiger partial charge in [0.05, 0.1) is 26.4 Å². The fourth-order valence-electron chi connectivity index (χ4n) is 0.845. The molecule has 0 saturated carbocycles. The van der Waals surface area contributed by atoms with Crippen molar-refractivity contribution < 1.29 is 14.2 Å². The predicted molar refractivity (Wildman–Crippen MR) is 46.3 cm³/mol. The smallest absolute Gasteiger partial charge is 0.104 e. The summed E-state index contributed by atoms with van der Waals surface area (Å²) in [6, 6.07) is 0. The van der Waals surface area contributed by atoms with E-state index in [0.717, 1.165) is 26.2 Å². The topological polar surface area (TPSA) is 31.0 Å². The number of hydrogen-bond acceptors (Lipinski definition) is 3. The zero-order valence-electron chi connectivity index (χ0n) is 7.75. The van der Waals surface area contributed by atoms with E-state index < -0.39 is 0 Å². The van der Waals surface area contributed by atoms with Crippen LogP contribution in [-0.2, 0) is 14.2 Å². The van der Waals surface area contributed by atoms with Crippen molar-refractivity contribution in [3.63, 3.8) is 0 Å². The van der Waals surface area contributed by atoms with Crippen molar-refractivity contribution in [2.75, 3.05) is 33.0 Å². The minimum Gasteiger partial charge on any atom is -0.379 e. The van der Waals surface area contributed by atoms with Crippen LogP contribution in [0.1, 0.15) is 19.8 Å². The highest BCUT2D eigenvalue weighted by Crippen LogP contribution is 2.07. The summed E-state index contributed by atoms with van der Waals surface area (Å²) in [5.41, 5.74) is 0. The molecule has 1 aliphatic rings. The van der Waals surface area contributed by atoms with E-state index in [1.807, 2.05) is 0 Å². The normalized spacial score (nSPS) is 21.2. The first-order valence-corrected chi connectivity index (χ1v) is 4.70. The summed E-state index contributed by atoms with van der Waals surface area (Å²) in [6.07, 6.45) is 2.71. The van der Waals surface area contributed by atoms with Crippen LogP contribution in [-0.4, -0.2) is 39.1 Å². The van der Waals surface area contributed by atoms with E-state index in [9.17, 15) is 0 Å². The Kier molecular flexibility index (Phi) is 5.32. The summed E-state index contributed by atoms with van der Waals surface area (Å²) in [7, 11) is 0. The third-order valence-corrected chi connectivity index (χ3v) is 1.72. The standard InChI is InChI=1S/C9H18O3/c1-2-3-4-10-5-6-11-7-9-8-12-9/h9H,2-8H2,1H3/t9-/m1/s1. The van der Waals surface area contributed by atoms with Gasteiger partial charge < -0.3 is 14.2 Å². The van der Waals surface area contributed by atoms with Crippen LogP contribution in [0.3, 0.4) is 0 Å². The molecule has 72 valence electrons. The molecule has 1 rings (SSSR count). The van der Waals surface area contributed by atoms with Gasteiger partial charge in [-0.25, -0.2) is 0 Å². The van der Waals surface area contributed by atoms with Gasteiger partial charge >= 0.3 is 0 Å². The number of ether oxygens (including phenoxy) is 3. The molecule has 1 fully saturated rings. The van der Waals surface area contributed by atoms with Crippen molar-refractivity contribution in [1.82, 2.24) is 0 Å². The second-order valence-corrected chi connectivity index (χ2v) is 3.00. The second kappa shape index (κ2) is 6.40. The fraction of sp³-hybridized carbons (Fsp3) is 1.00. The van der Waals surface area contributed by atoms with E-state index in [-0.39, 0.29) is 0 Å². The molecule has 0 unspecified atom stereocenters. The Balaban J connectivity index is 1.65. The molecule has 0 N–H and O–H groups in total. The summed E-state index contributed by atoms with van der Waals surface area (Å²) < 4.78 is 15.6. The molecule has 1 heterocycles. The maximum atomic E-state index is 5.31. The lowest BCUT2D eigenvalue weighted by Crippen LogP contribution is -2.08. The monoisotopic (exact) mass is 174 g/mol. The Labute approximate surface area is 74.0 Å². The van der Waals surface area contributed by atoms with Gasteiger partial charge in [0.15, 0.2) is 0 Å². The largest absolute Gasteiger partial charge is 0.379 e. The van der Waals surface area contributed by atoms with Gasteiger partial charge in [-0.15, -0.1) is 0 Å². The maximum Gasteiger partial charge on any atom is 0.104 e. The lowest BCUT2D eigenvalue weighted by molar-refractivity contribution is 0.0409. The third-order valence-electron chi connectivity index (χ3n) is 1.72. The molecular formula is C9H18O3. The summed E-state index contributed by atoms with van der Waals surface area (Å²) in [5, 5.41) is 0. The van der Waals surface area contributed by atoms with Crippen LogP contribution >= 0.6 is 0 Å². The van der Waals surface area contributed by atoms with E-state index in [4.69, 9.17) is 14.2 Å². The fourth-order valence-corrected chi connectivity index (χ4v) is 0.845. The average molecular weight is 174 g/mol. The van der Waals surface area contributed by atoms with Crippen molar-refractivity contribution in [1.29, 1.82) is 0 Å². The van der Waals surface area contributed by atoms with E-state index in [1.54, 1.807) is 0 Å². The predicted octanol–water partition coefficient (Wildman–Crippen LogP) is 1.22. The van der Waals surface area contributed by atoms with Gasteiger partial charge in [-0.05, 0) is 6.42 Å². The van der Waals surface area contributed by atoms with Gasteiger partial charge in [0, 0.05) is 6.61 Å². The summed E-state index contributed by atoms with van der Waals surface area (Å²) in [6.45, 7) is 6.04. The molecule has 0 amide bonds. The van der Waals surface area contributed by atoms with Gasteiger partial charge in [0.1, 0.15) is 6.10 Å². The lowest BCUT2D eigenvalue weighted by atomic mass is 10.4. The number of hydrogen-bond donors (Lipinski definition) is 0. The van der Waals surface area contributed by atoms with Crippen LogP contribution in [0.15, 0.2) is 0 Å². The minimum absolute atomic E-state index is 0.376. The van der Waals surface area contributed by atoms with Crippen molar-refractivity contribution in [2.45, 2.75) is 25.9 Å². The quantitative estimate of drug-likeness (QED) is 0.409. The lowest BCUT2D eigenvalue weighted by Gasteiger charge is -2.03. The first-order chi connectivity index (χ1) is 5.93. The molecule has 0 aliphatic carbocycles. The SMILES string of the molecule is CCCCOCCOC[C@@H]1CO1. The first kappa shape index (κ1) is 9.96. The Hall–Kier alpha value is -0.120. The van der Waals surface area contributed by atoms with E-state index in [0.29, 0.717) is 19.3 Å². The molecule has 0 aromatic rings. The summed E-state index contributed by atoms with van der Waals surface area (Å²) in [5.74, 6) is 0. The molecule has 0 aromatic carbocycles. The molecular weight excluding hydrogens is 156 g/mol. The zero-order chi connectivity index (χ0) is 8.65. The van der Waals surface area contributed by atoms with Crippen molar-refractivity contribution >= 4 is 0 Å². The van der Waals surface area contributed by atoms with E-state index in [2.05, 4.69) is 6.92 Å². The average Bonchev–Trinajstić information content (AvgIpc) is 2.87. The van der Waals surface area contributed by atoms with Crippen molar-refractivity contribution in [2.24, 2.45) is 0 Å². The molecule has 0 bridgehead atoms.